The van der Waals surface area contributed by atoms with E-state index in [0.29, 0.717) is 0 Å². The quantitative estimate of drug-likeness (QED) is 0.358. The summed E-state index contributed by atoms with van der Waals surface area (Å²) in [5, 5.41) is 0. The molecule has 0 bridgehead atoms. The van der Waals surface area contributed by atoms with Crippen molar-refractivity contribution in [3.8, 4) is 0 Å². The zero-order valence-electron chi connectivity index (χ0n) is 1.72. The van der Waals surface area contributed by atoms with Gasteiger partial charge in [-0.15, -0.1) is 0 Å². The van der Waals surface area contributed by atoms with Gasteiger partial charge in [-0.05, 0) is 0 Å². The van der Waals surface area contributed by atoms with Crippen LogP contribution >= 0.6 is 0 Å². The van der Waals surface area contributed by atoms with E-state index in [4.69, 9.17) is 0 Å². The van der Waals surface area contributed by atoms with E-state index in [1.807, 2.05) is 0 Å². The van der Waals surface area contributed by atoms with Crippen molar-refractivity contribution < 1.29 is 32.2 Å². The van der Waals surface area contributed by atoms with Gasteiger partial charge in [0.2, 0.25) is 0 Å². The second kappa shape index (κ2) is 21.6. The molecule has 0 nitrogen and oxygen atoms in total. The van der Waals surface area contributed by atoms with Gasteiger partial charge in [0, 0.05) is 17.4 Å². The fraction of sp³-hybridized carbons (Fsp3) is 0. The van der Waals surface area contributed by atoms with E-state index < -0.39 is 0 Å². The predicted molar refractivity (Wildman–Crippen MR) is 19.9 cm³/mol. The minimum absolute atomic E-state index is 0. The van der Waals surface area contributed by atoms with Crippen LogP contribution in [0.1, 0.15) is 0 Å². The van der Waals surface area contributed by atoms with E-state index in [2.05, 4.69) is 14.8 Å². The molecule has 0 aromatic carbocycles. The summed E-state index contributed by atoms with van der Waals surface area (Å²) in [5.74, 6) is 0. The molecule has 4 heavy (non-hydrogen) atoms. The molecule has 0 aromatic heterocycles. The standard InChI is InChI=1S/Al.Cr.Ni.H3Si.3H/h;;;1H3;;;. The molecule has 29 valence electrons. The second-order valence-electron chi connectivity index (χ2n) is 0. The fourth-order valence-corrected chi connectivity index (χ4v) is 0. The number of hydrogen-bond donors (Lipinski definition) is 0. The summed E-state index contributed by atoms with van der Waals surface area (Å²) in [6, 6.07) is 0. The predicted octanol–water partition coefficient (Wildman–Crippen LogP) is -2.37. The molecule has 0 aromatic rings. The first-order chi connectivity index (χ1) is 1.00. The Morgan fingerprint density at radius 2 is 1.25 bits per heavy atom. The average Bonchev–Trinajstić information content (AvgIpc) is 1.00. The topological polar surface area (TPSA) is 0 Å². The molecule has 0 saturated carbocycles. The van der Waals surface area contributed by atoms with E-state index in [9.17, 15) is 0 Å². The van der Waals surface area contributed by atoms with E-state index in [0.717, 1.165) is 8.94 Å². The van der Waals surface area contributed by atoms with Gasteiger partial charge in [-0.25, -0.2) is 0 Å². The van der Waals surface area contributed by atoms with Gasteiger partial charge in [-0.3, -0.25) is 0 Å². The van der Waals surface area contributed by atoms with Crippen molar-refractivity contribution in [1.82, 2.24) is 0 Å². The molecule has 0 radical (unpaired) electrons. The molecule has 0 aliphatic carbocycles. The van der Waals surface area contributed by atoms with Crippen LogP contribution in [0.25, 0.3) is 0 Å². The van der Waals surface area contributed by atoms with Gasteiger partial charge in [-0.2, -0.15) is 0 Å². The summed E-state index contributed by atoms with van der Waals surface area (Å²) in [6.07, 6.45) is 0. The van der Waals surface area contributed by atoms with Crippen molar-refractivity contribution in [1.29, 1.82) is 0 Å². The first kappa shape index (κ1) is 17.1. The van der Waals surface area contributed by atoms with Gasteiger partial charge in [0.1, 0.15) is 0 Å². The van der Waals surface area contributed by atoms with Crippen molar-refractivity contribution in [3.63, 3.8) is 0 Å². The number of rotatable bonds is 0. The molecular weight excluding hydrogens is 166 g/mol. The Kier molecular flexibility index (Phi) is 92.3. The molecule has 0 heterocycles. The van der Waals surface area contributed by atoms with E-state index >= 15 is 0 Å². The van der Waals surface area contributed by atoms with Gasteiger partial charge < -0.3 is 0 Å². The molecule has 0 saturated heterocycles. The Morgan fingerprint density at radius 3 is 1.25 bits per heavy atom. The van der Waals surface area contributed by atoms with Gasteiger partial charge in [0.05, 0.1) is 0 Å². The molecule has 0 fully saturated rings. The number of hydrogen-bond acceptors (Lipinski definition) is 0. The Balaban J connectivity index is -0.00000000500. The molecule has 4 heteroatoms. The van der Waals surface area contributed by atoms with Gasteiger partial charge in [-0.1, -0.05) is 0 Å². The third-order valence-electron chi connectivity index (χ3n) is 0. The van der Waals surface area contributed by atoms with Crippen LogP contribution in [-0.2, 0) is 32.2 Å². The van der Waals surface area contributed by atoms with Crippen molar-refractivity contribution in [2.45, 2.75) is 0 Å². The molecule has 0 N–H and O–H groups in total. The Bertz CT molecular complexity index is 8.00. The summed E-state index contributed by atoms with van der Waals surface area (Å²) < 4.78 is 0. The molecule has 0 amide bonds. The zero-order valence-corrected chi connectivity index (χ0v) is 5.99. The first-order valence-electron chi connectivity index (χ1n) is 0.316. The summed E-state index contributed by atoms with van der Waals surface area (Å²) in [6.45, 7) is 0. The van der Waals surface area contributed by atoms with E-state index in [1.54, 1.807) is 0 Å². The zero-order chi connectivity index (χ0) is 2.00. The molecule has 0 unspecified atom stereocenters. The van der Waals surface area contributed by atoms with Crippen LogP contribution in [0.15, 0.2) is 0 Å². The van der Waals surface area contributed by atoms with Gasteiger partial charge in [0.25, 0.3) is 0 Å². The van der Waals surface area contributed by atoms with Crippen LogP contribution < -0.4 is 0 Å². The maximum absolute atomic E-state index is 4.01. The third-order valence-corrected chi connectivity index (χ3v) is 0. The van der Waals surface area contributed by atoms with Crippen LogP contribution in [0.3, 0.4) is 0 Å². The SMILES string of the molecule is [AlH3].[Cr].[SiH3][Ni]. The van der Waals surface area contributed by atoms with Crippen LogP contribution in [0, 0.1) is 0 Å². The normalized spacial score (nSPS) is 2.50. The average molecular weight is 172 g/mol. The molecule has 0 spiro atoms. The molecule has 0 aliphatic heterocycles. The van der Waals surface area contributed by atoms with Crippen LogP contribution in [-0.4, -0.2) is 26.3 Å². The molecule has 0 atom stereocenters. The second-order valence-corrected chi connectivity index (χ2v) is 0. The van der Waals surface area contributed by atoms with E-state index in [1.165, 1.54) is 0 Å². The van der Waals surface area contributed by atoms with Gasteiger partial charge >= 0.3 is 23.8 Å². The fourth-order valence-electron chi connectivity index (χ4n) is 0. The van der Waals surface area contributed by atoms with E-state index in [-0.39, 0.29) is 34.7 Å². The Hall–Kier alpha value is 1.78. The minimum atomic E-state index is 0. The van der Waals surface area contributed by atoms with Crippen molar-refractivity contribution >= 4 is 26.3 Å². The first-order valence-corrected chi connectivity index (χ1v) is 3.91. The monoisotopic (exact) mass is 171 g/mol. The van der Waals surface area contributed by atoms with Crippen molar-refractivity contribution in [3.05, 3.63) is 0 Å². The molecular formula is H6AlCrNiSi. The van der Waals surface area contributed by atoms with Gasteiger partial charge in [0.15, 0.2) is 17.4 Å². The Labute approximate surface area is 58.3 Å². The van der Waals surface area contributed by atoms with Crippen molar-refractivity contribution in [2.24, 2.45) is 0 Å². The summed E-state index contributed by atoms with van der Waals surface area (Å²) in [5.41, 5.74) is 0. The molecule has 0 rings (SSSR count). The molecule has 0 aliphatic rings. The van der Waals surface area contributed by atoms with Crippen molar-refractivity contribution in [2.75, 3.05) is 0 Å². The maximum atomic E-state index is 4.01. The van der Waals surface area contributed by atoms with Crippen LogP contribution in [0.4, 0.5) is 0 Å². The summed E-state index contributed by atoms with van der Waals surface area (Å²) >= 11 is 4.01. The third kappa shape index (κ3) is 9.23. The van der Waals surface area contributed by atoms with Crippen LogP contribution in [0.2, 0.25) is 0 Å². The Morgan fingerprint density at radius 1 is 1.25 bits per heavy atom. The summed E-state index contributed by atoms with van der Waals surface area (Å²) in [7, 11) is 0.931. The van der Waals surface area contributed by atoms with Crippen LogP contribution in [0.5, 0.6) is 0 Å². The summed E-state index contributed by atoms with van der Waals surface area (Å²) in [4.78, 5) is 0.